The van der Waals surface area contributed by atoms with Crippen LogP contribution < -0.4 is 4.74 Å². The van der Waals surface area contributed by atoms with Gasteiger partial charge < -0.3 is 4.74 Å². The van der Waals surface area contributed by atoms with E-state index in [0.717, 1.165) is 45.7 Å². The Bertz CT molecular complexity index is 1120. The van der Waals surface area contributed by atoms with Crippen LogP contribution in [0.3, 0.4) is 0 Å². The summed E-state index contributed by atoms with van der Waals surface area (Å²) in [6.45, 7) is 2.93. The highest BCUT2D eigenvalue weighted by molar-refractivity contribution is 5.90. The number of aromatic nitrogens is 3. The number of hydrogen-bond donors (Lipinski definition) is 0. The summed E-state index contributed by atoms with van der Waals surface area (Å²) < 4.78 is 6.43. The SMILES string of the molecule is CCCCCCCCOc1cc(-c2ccccc2)cc(-c2ccccc2)c1-c1ccnnn1. The van der Waals surface area contributed by atoms with Crippen LogP contribution in [0.2, 0.25) is 0 Å². The van der Waals surface area contributed by atoms with Crippen molar-refractivity contribution in [1.82, 2.24) is 15.4 Å². The fourth-order valence-electron chi connectivity index (χ4n) is 4.08. The lowest BCUT2D eigenvalue weighted by atomic mass is 9.92. The summed E-state index contributed by atoms with van der Waals surface area (Å²) in [7, 11) is 0. The Morgan fingerprint density at radius 1 is 0.697 bits per heavy atom. The number of rotatable bonds is 11. The normalized spacial score (nSPS) is 10.8. The van der Waals surface area contributed by atoms with Crippen LogP contribution in [0, 0.1) is 0 Å². The van der Waals surface area contributed by atoms with Gasteiger partial charge in [0.2, 0.25) is 0 Å². The average molecular weight is 438 g/mol. The first-order valence-corrected chi connectivity index (χ1v) is 11.9. The van der Waals surface area contributed by atoms with Gasteiger partial charge in [-0.15, -0.1) is 10.2 Å². The monoisotopic (exact) mass is 437 g/mol. The lowest BCUT2D eigenvalue weighted by Gasteiger charge is -2.18. The summed E-state index contributed by atoms with van der Waals surface area (Å²) >= 11 is 0. The molecule has 33 heavy (non-hydrogen) atoms. The molecule has 0 aliphatic rings. The van der Waals surface area contributed by atoms with E-state index in [1.54, 1.807) is 6.20 Å². The zero-order chi connectivity index (χ0) is 22.7. The molecule has 0 amide bonds. The van der Waals surface area contributed by atoms with Crippen LogP contribution in [0.25, 0.3) is 33.5 Å². The van der Waals surface area contributed by atoms with Gasteiger partial charge in [-0.1, -0.05) is 99.7 Å². The van der Waals surface area contributed by atoms with Crippen molar-refractivity contribution >= 4 is 0 Å². The van der Waals surface area contributed by atoms with Gasteiger partial charge in [0.05, 0.1) is 18.4 Å². The summed E-state index contributed by atoms with van der Waals surface area (Å²) in [6.07, 6.45) is 9.05. The van der Waals surface area contributed by atoms with Crippen molar-refractivity contribution in [2.75, 3.05) is 6.61 Å². The molecule has 0 saturated carbocycles. The molecule has 0 radical (unpaired) electrons. The molecule has 0 atom stereocenters. The molecule has 0 aliphatic carbocycles. The van der Waals surface area contributed by atoms with Crippen LogP contribution in [0.5, 0.6) is 5.75 Å². The standard InChI is InChI=1S/C29H31N3O/c1-2-3-4-5-6-13-20-33-28-22-25(23-14-9-7-10-15-23)21-26(24-16-11-8-12-17-24)29(28)27-18-19-30-32-31-27/h7-12,14-19,21-22H,2-6,13,20H2,1H3. The molecule has 0 spiro atoms. The number of ether oxygens (including phenoxy) is 1. The average Bonchev–Trinajstić information content (AvgIpc) is 2.89. The maximum Gasteiger partial charge on any atom is 0.130 e. The topological polar surface area (TPSA) is 47.9 Å². The quantitative estimate of drug-likeness (QED) is 0.227. The molecule has 3 aromatic carbocycles. The zero-order valence-electron chi connectivity index (χ0n) is 19.3. The Kier molecular flexibility index (Phi) is 8.18. The number of nitrogens with zero attached hydrogens (tertiary/aromatic N) is 3. The predicted octanol–water partition coefficient (Wildman–Crippen LogP) is 7.61. The summed E-state index contributed by atoms with van der Waals surface area (Å²) in [5.41, 5.74) is 6.21. The molecule has 4 nitrogen and oxygen atoms in total. The van der Waals surface area contributed by atoms with Gasteiger partial charge in [0.1, 0.15) is 11.4 Å². The first-order valence-electron chi connectivity index (χ1n) is 11.9. The number of hydrogen-bond acceptors (Lipinski definition) is 4. The van der Waals surface area contributed by atoms with E-state index >= 15 is 0 Å². The fraction of sp³-hybridized carbons (Fsp3) is 0.276. The van der Waals surface area contributed by atoms with Gasteiger partial charge in [-0.05, 0) is 52.1 Å². The highest BCUT2D eigenvalue weighted by Gasteiger charge is 2.18. The lowest BCUT2D eigenvalue weighted by Crippen LogP contribution is -2.02. The van der Waals surface area contributed by atoms with Crippen LogP contribution >= 0.6 is 0 Å². The summed E-state index contributed by atoms with van der Waals surface area (Å²) in [5.74, 6) is 0.837. The Morgan fingerprint density at radius 2 is 1.39 bits per heavy atom. The Hall–Kier alpha value is -3.53. The maximum absolute atomic E-state index is 6.43. The van der Waals surface area contributed by atoms with Crippen LogP contribution in [-0.4, -0.2) is 22.0 Å². The molecule has 4 rings (SSSR count). The van der Waals surface area contributed by atoms with Gasteiger partial charge in [-0.2, -0.15) is 0 Å². The van der Waals surface area contributed by atoms with Crippen molar-refractivity contribution in [3.8, 4) is 39.3 Å². The second kappa shape index (κ2) is 11.9. The fourth-order valence-corrected chi connectivity index (χ4v) is 4.08. The van der Waals surface area contributed by atoms with Crippen molar-refractivity contribution in [2.24, 2.45) is 0 Å². The molecule has 0 unspecified atom stereocenters. The Morgan fingerprint density at radius 3 is 2.09 bits per heavy atom. The molecule has 0 fully saturated rings. The third-order valence-corrected chi connectivity index (χ3v) is 5.81. The minimum Gasteiger partial charge on any atom is -0.493 e. The third-order valence-electron chi connectivity index (χ3n) is 5.81. The predicted molar refractivity (Wildman–Crippen MR) is 135 cm³/mol. The molecule has 1 heterocycles. The lowest BCUT2D eigenvalue weighted by molar-refractivity contribution is 0.305. The molecule has 0 saturated heterocycles. The second-order valence-corrected chi connectivity index (χ2v) is 8.25. The maximum atomic E-state index is 6.43. The van der Waals surface area contributed by atoms with E-state index in [9.17, 15) is 0 Å². The van der Waals surface area contributed by atoms with E-state index in [4.69, 9.17) is 4.74 Å². The van der Waals surface area contributed by atoms with Crippen molar-refractivity contribution in [3.63, 3.8) is 0 Å². The van der Waals surface area contributed by atoms with Crippen LogP contribution in [0.1, 0.15) is 45.4 Å². The molecule has 1 aromatic heterocycles. The van der Waals surface area contributed by atoms with Gasteiger partial charge in [0, 0.05) is 0 Å². The zero-order valence-corrected chi connectivity index (χ0v) is 19.3. The summed E-state index contributed by atoms with van der Waals surface area (Å²) in [5, 5.41) is 12.1. The van der Waals surface area contributed by atoms with Crippen LogP contribution in [0.4, 0.5) is 0 Å². The molecule has 4 aromatic rings. The van der Waals surface area contributed by atoms with Crippen molar-refractivity contribution in [3.05, 3.63) is 85.1 Å². The first kappa shape index (κ1) is 22.7. The van der Waals surface area contributed by atoms with E-state index in [-0.39, 0.29) is 0 Å². The Labute approximate surface area is 196 Å². The minimum atomic E-state index is 0.685. The van der Waals surface area contributed by atoms with E-state index in [0.29, 0.717) is 6.61 Å². The molecule has 0 N–H and O–H groups in total. The van der Waals surface area contributed by atoms with Gasteiger partial charge in [0.25, 0.3) is 0 Å². The number of unbranched alkanes of at least 4 members (excludes halogenated alkanes) is 5. The minimum absolute atomic E-state index is 0.685. The first-order chi connectivity index (χ1) is 16.4. The van der Waals surface area contributed by atoms with E-state index in [1.807, 2.05) is 18.2 Å². The molecule has 168 valence electrons. The van der Waals surface area contributed by atoms with Crippen molar-refractivity contribution in [1.29, 1.82) is 0 Å². The van der Waals surface area contributed by atoms with E-state index in [2.05, 4.69) is 83.0 Å². The number of benzene rings is 3. The molecule has 0 bridgehead atoms. The summed E-state index contributed by atoms with van der Waals surface area (Å²) in [4.78, 5) is 0. The van der Waals surface area contributed by atoms with E-state index < -0.39 is 0 Å². The largest absolute Gasteiger partial charge is 0.493 e. The van der Waals surface area contributed by atoms with E-state index in [1.165, 1.54) is 32.1 Å². The van der Waals surface area contributed by atoms with Crippen LogP contribution in [-0.2, 0) is 0 Å². The van der Waals surface area contributed by atoms with Crippen molar-refractivity contribution < 1.29 is 4.74 Å². The van der Waals surface area contributed by atoms with Gasteiger partial charge in [-0.3, -0.25) is 0 Å². The smallest absolute Gasteiger partial charge is 0.130 e. The highest BCUT2D eigenvalue weighted by atomic mass is 16.5. The second-order valence-electron chi connectivity index (χ2n) is 8.25. The van der Waals surface area contributed by atoms with Crippen molar-refractivity contribution in [2.45, 2.75) is 45.4 Å². The van der Waals surface area contributed by atoms with Gasteiger partial charge >= 0.3 is 0 Å². The Balaban J connectivity index is 1.73. The van der Waals surface area contributed by atoms with Crippen LogP contribution in [0.15, 0.2) is 85.1 Å². The highest BCUT2D eigenvalue weighted by Crippen LogP contribution is 2.42. The third kappa shape index (κ3) is 6.04. The molecular formula is C29H31N3O. The van der Waals surface area contributed by atoms with Gasteiger partial charge in [-0.25, -0.2) is 0 Å². The summed E-state index contributed by atoms with van der Waals surface area (Å²) in [6, 6.07) is 27.1. The molecule has 4 heteroatoms. The van der Waals surface area contributed by atoms with Gasteiger partial charge in [0.15, 0.2) is 0 Å². The molecule has 0 aliphatic heterocycles. The molecular weight excluding hydrogens is 406 g/mol.